The molecule has 1 rings (SSSR count). The first-order chi connectivity index (χ1) is 10.2. The third kappa shape index (κ3) is 8.53. The van der Waals surface area contributed by atoms with E-state index in [2.05, 4.69) is 47.6 Å². The van der Waals surface area contributed by atoms with E-state index in [9.17, 15) is 0 Å². The molecule has 6 heteroatoms. The molecule has 0 saturated carbocycles. The maximum Gasteiger partial charge on any atom is 0.191 e. The molecule has 0 aliphatic carbocycles. The third-order valence-electron chi connectivity index (χ3n) is 3.34. The first-order valence-electron chi connectivity index (χ1n) is 8.04. The van der Waals surface area contributed by atoms with Gasteiger partial charge in [-0.2, -0.15) is 11.8 Å². The molecule has 2 atom stereocenters. The summed E-state index contributed by atoms with van der Waals surface area (Å²) < 4.78 is 5.76. The van der Waals surface area contributed by atoms with E-state index in [0.717, 1.165) is 57.4 Å². The van der Waals surface area contributed by atoms with Crippen LogP contribution in [0.1, 0.15) is 27.2 Å². The van der Waals surface area contributed by atoms with Crippen molar-refractivity contribution >= 4 is 17.7 Å². The molecule has 124 valence electrons. The maximum absolute atomic E-state index is 5.76. The van der Waals surface area contributed by atoms with E-state index in [-0.39, 0.29) is 0 Å². The van der Waals surface area contributed by atoms with Gasteiger partial charge in [-0.1, -0.05) is 0 Å². The number of hydrogen-bond donors (Lipinski definition) is 2. The Hall–Kier alpha value is -0.460. The third-order valence-corrected chi connectivity index (χ3v) is 3.95. The molecule has 0 aromatic rings. The van der Waals surface area contributed by atoms with Crippen LogP contribution in [0, 0.1) is 0 Å². The van der Waals surface area contributed by atoms with Crippen LogP contribution in [-0.4, -0.2) is 74.3 Å². The maximum atomic E-state index is 5.76. The monoisotopic (exact) mass is 316 g/mol. The number of hydrogen-bond acceptors (Lipinski definition) is 4. The predicted molar refractivity (Wildman–Crippen MR) is 93.4 cm³/mol. The highest BCUT2D eigenvalue weighted by atomic mass is 32.2. The molecule has 0 amide bonds. The molecule has 0 spiro atoms. The van der Waals surface area contributed by atoms with Crippen LogP contribution < -0.4 is 10.6 Å². The molecule has 0 bridgehead atoms. The molecule has 2 unspecified atom stereocenters. The van der Waals surface area contributed by atoms with Gasteiger partial charge in [-0.05, 0) is 33.4 Å². The lowest BCUT2D eigenvalue weighted by atomic mass is 10.2. The minimum absolute atomic E-state index is 0.350. The Morgan fingerprint density at radius 2 is 2.00 bits per heavy atom. The predicted octanol–water partition coefficient (Wildman–Crippen LogP) is 1.40. The van der Waals surface area contributed by atoms with Gasteiger partial charge in [-0.15, -0.1) is 0 Å². The van der Waals surface area contributed by atoms with Crippen LogP contribution in [0.5, 0.6) is 0 Å². The fourth-order valence-electron chi connectivity index (χ4n) is 2.57. The summed E-state index contributed by atoms with van der Waals surface area (Å²) in [5.74, 6) is 2.05. The Kier molecular flexibility index (Phi) is 9.87. The van der Waals surface area contributed by atoms with E-state index in [1.54, 1.807) is 0 Å². The fraction of sp³-hybridized carbons (Fsp3) is 0.933. The van der Waals surface area contributed by atoms with Gasteiger partial charge in [0.1, 0.15) is 0 Å². The molecule has 0 aromatic heterocycles. The average molecular weight is 317 g/mol. The lowest BCUT2D eigenvalue weighted by Gasteiger charge is -2.35. The summed E-state index contributed by atoms with van der Waals surface area (Å²) in [7, 11) is 0. The molecule has 1 aliphatic rings. The van der Waals surface area contributed by atoms with Gasteiger partial charge in [0.2, 0.25) is 0 Å². The van der Waals surface area contributed by atoms with Gasteiger partial charge in [0, 0.05) is 45.0 Å². The van der Waals surface area contributed by atoms with Gasteiger partial charge in [-0.25, -0.2) is 0 Å². The minimum Gasteiger partial charge on any atom is -0.373 e. The van der Waals surface area contributed by atoms with E-state index in [0.29, 0.717) is 12.2 Å². The summed E-state index contributed by atoms with van der Waals surface area (Å²) in [6.07, 6.45) is 3.92. The van der Waals surface area contributed by atoms with Gasteiger partial charge in [0.25, 0.3) is 0 Å². The molecule has 1 aliphatic heterocycles. The van der Waals surface area contributed by atoms with Crippen molar-refractivity contribution in [3.05, 3.63) is 0 Å². The molecule has 21 heavy (non-hydrogen) atoms. The molecule has 0 aromatic carbocycles. The van der Waals surface area contributed by atoms with Gasteiger partial charge in [0.05, 0.1) is 12.2 Å². The number of nitrogens with zero attached hydrogens (tertiary/aromatic N) is 2. The van der Waals surface area contributed by atoms with Crippen molar-refractivity contribution in [3.63, 3.8) is 0 Å². The highest BCUT2D eigenvalue weighted by Gasteiger charge is 2.21. The summed E-state index contributed by atoms with van der Waals surface area (Å²) in [5.41, 5.74) is 0. The zero-order valence-electron chi connectivity index (χ0n) is 14.0. The van der Waals surface area contributed by atoms with Gasteiger partial charge in [0.15, 0.2) is 5.96 Å². The van der Waals surface area contributed by atoms with Crippen LogP contribution in [0.4, 0.5) is 0 Å². The lowest BCUT2D eigenvalue weighted by molar-refractivity contribution is -0.0679. The second-order valence-electron chi connectivity index (χ2n) is 5.55. The van der Waals surface area contributed by atoms with Crippen LogP contribution in [0.15, 0.2) is 4.99 Å². The van der Waals surface area contributed by atoms with E-state index in [1.807, 2.05) is 11.8 Å². The Morgan fingerprint density at radius 3 is 2.62 bits per heavy atom. The molecule has 1 heterocycles. The summed E-state index contributed by atoms with van der Waals surface area (Å²) in [5, 5.41) is 6.65. The van der Waals surface area contributed by atoms with Crippen molar-refractivity contribution in [2.24, 2.45) is 4.99 Å². The van der Waals surface area contributed by atoms with Gasteiger partial charge >= 0.3 is 0 Å². The number of guanidine groups is 1. The van der Waals surface area contributed by atoms with Crippen molar-refractivity contribution in [2.45, 2.75) is 39.4 Å². The molecule has 5 nitrogen and oxygen atoms in total. The summed E-state index contributed by atoms with van der Waals surface area (Å²) in [4.78, 5) is 7.12. The van der Waals surface area contributed by atoms with Crippen LogP contribution in [0.3, 0.4) is 0 Å². The van der Waals surface area contributed by atoms with Crippen molar-refractivity contribution in [2.75, 3.05) is 51.3 Å². The van der Waals surface area contributed by atoms with Crippen LogP contribution in [-0.2, 0) is 4.74 Å². The Balaban J connectivity index is 2.23. The molecule has 1 fully saturated rings. The summed E-state index contributed by atoms with van der Waals surface area (Å²) in [6.45, 7) is 12.3. The Morgan fingerprint density at radius 1 is 1.29 bits per heavy atom. The number of nitrogens with one attached hydrogen (secondary N) is 2. The fourth-order valence-corrected chi connectivity index (χ4v) is 2.87. The number of morpholine rings is 1. The molecule has 1 saturated heterocycles. The zero-order chi connectivity index (χ0) is 15.5. The highest BCUT2D eigenvalue weighted by molar-refractivity contribution is 7.98. The van der Waals surface area contributed by atoms with Crippen molar-refractivity contribution in [1.82, 2.24) is 15.5 Å². The van der Waals surface area contributed by atoms with E-state index < -0.39 is 0 Å². The SMILES string of the molecule is CCNC(=NCCCN1CC(C)OC(C)C1)NCCSC. The van der Waals surface area contributed by atoms with E-state index in [1.165, 1.54) is 0 Å². The topological polar surface area (TPSA) is 48.9 Å². The normalized spacial score (nSPS) is 24.1. The van der Waals surface area contributed by atoms with Crippen LogP contribution in [0.2, 0.25) is 0 Å². The largest absolute Gasteiger partial charge is 0.373 e. The van der Waals surface area contributed by atoms with E-state index >= 15 is 0 Å². The summed E-state index contributed by atoms with van der Waals surface area (Å²) >= 11 is 1.85. The van der Waals surface area contributed by atoms with Gasteiger partial charge in [-0.3, -0.25) is 9.89 Å². The Labute approximate surface area is 134 Å². The number of aliphatic imine (C=N–C) groups is 1. The second-order valence-corrected chi connectivity index (χ2v) is 6.54. The molecule has 2 N–H and O–H groups in total. The number of ether oxygens (including phenoxy) is 1. The van der Waals surface area contributed by atoms with Crippen molar-refractivity contribution in [3.8, 4) is 0 Å². The quantitative estimate of drug-likeness (QED) is 0.403. The standard InChI is InChI=1S/C15H32N4OS/c1-5-16-15(18-8-10-21-4)17-7-6-9-19-11-13(2)20-14(3)12-19/h13-14H,5-12H2,1-4H3,(H2,16,17,18). The first-order valence-corrected chi connectivity index (χ1v) is 9.44. The van der Waals surface area contributed by atoms with Crippen molar-refractivity contribution < 1.29 is 4.74 Å². The summed E-state index contributed by atoms with van der Waals surface area (Å²) in [6, 6.07) is 0. The average Bonchev–Trinajstić information content (AvgIpc) is 2.42. The van der Waals surface area contributed by atoms with Gasteiger partial charge < -0.3 is 15.4 Å². The van der Waals surface area contributed by atoms with Crippen molar-refractivity contribution in [1.29, 1.82) is 0 Å². The minimum atomic E-state index is 0.350. The molecule has 0 radical (unpaired) electrons. The van der Waals surface area contributed by atoms with Crippen LogP contribution >= 0.6 is 11.8 Å². The highest BCUT2D eigenvalue weighted by Crippen LogP contribution is 2.10. The smallest absolute Gasteiger partial charge is 0.191 e. The second kappa shape index (κ2) is 11.2. The zero-order valence-corrected chi connectivity index (χ0v) is 14.8. The molecular formula is C15H32N4OS. The van der Waals surface area contributed by atoms with E-state index in [4.69, 9.17) is 4.74 Å². The number of rotatable bonds is 8. The first kappa shape index (κ1) is 18.6. The molecular weight excluding hydrogens is 284 g/mol. The number of thioether (sulfide) groups is 1. The van der Waals surface area contributed by atoms with Crippen LogP contribution in [0.25, 0.3) is 0 Å². The Bertz CT molecular complexity index is 291. The lowest BCUT2D eigenvalue weighted by Crippen LogP contribution is -2.45.